The van der Waals surface area contributed by atoms with Gasteiger partial charge in [-0.15, -0.1) is 0 Å². The number of nitrogens with one attached hydrogen (secondary N) is 1. The molecule has 18 heavy (non-hydrogen) atoms. The highest BCUT2D eigenvalue weighted by Gasteiger charge is 2.37. The Morgan fingerprint density at radius 2 is 1.83 bits per heavy atom. The second kappa shape index (κ2) is 4.64. The third kappa shape index (κ3) is 2.06. The Hall–Kier alpha value is -0.910. The largest absolute Gasteiger partial charge is 0.316 e. The third-order valence-electron chi connectivity index (χ3n) is 4.05. The number of piperidine rings is 1. The van der Waals surface area contributed by atoms with Crippen LogP contribution in [0.2, 0.25) is 0 Å². The van der Waals surface area contributed by atoms with Crippen molar-refractivity contribution in [1.82, 2.24) is 9.62 Å². The summed E-state index contributed by atoms with van der Waals surface area (Å²) in [4.78, 5) is 0.411. The topological polar surface area (TPSA) is 49.4 Å². The molecule has 0 radical (unpaired) electrons. The van der Waals surface area contributed by atoms with E-state index >= 15 is 0 Å². The summed E-state index contributed by atoms with van der Waals surface area (Å²) < 4.78 is 26.6. The molecule has 1 aromatic rings. The minimum atomic E-state index is -3.30. The first-order valence-corrected chi connectivity index (χ1v) is 7.88. The lowest BCUT2D eigenvalue weighted by molar-refractivity contribution is 0.228. The van der Waals surface area contributed by atoms with Crippen LogP contribution in [0, 0.1) is 11.8 Å². The van der Waals surface area contributed by atoms with E-state index in [1.54, 1.807) is 28.6 Å². The summed E-state index contributed by atoms with van der Waals surface area (Å²) in [6.45, 7) is 3.31. The zero-order chi connectivity index (χ0) is 12.6. The summed E-state index contributed by atoms with van der Waals surface area (Å²) in [5.74, 6) is 1.14. The van der Waals surface area contributed by atoms with Gasteiger partial charge in [-0.1, -0.05) is 18.2 Å². The van der Waals surface area contributed by atoms with Gasteiger partial charge in [0.15, 0.2) is 0 Å². The van der Waals surface area contributed by atoms with Gasteiger partial charge in [0, 0.05) is 13.1 Å². The summed E-state index contributed by atoms with van der Waals surface area (Å²) in [6, 6.07) is 8.74. The lowest BCUT2D eigenvalue weighted by Crippen LogP contribution is -2.43. The normalized spacial score (nSPS) is 29.1. The molecular weight excluding hydrogens is 248 g/mol. The summed E-state index contributed by atoms with van der Waals surface area (Å²) in [5.41, 5.74) is 0. The van der Waals surface area contributed by atoms with Crippen LogP contribution in [0.5, 0.6) is 0 Å². The molecule has 3 rings (SSSR count). The molecule has 98 valence electrons. The molecule has 0 amide bonds. The number of hydrogen-bond acceptors (Lipinski definition) is 3. The van der Waals surface area contributed by atoms with Gasteiger partial charge < -0.3 is 5.32 Å². The Morgan fingerprint density at radius 1 is 1.11 bits per heavy atom. The molecule has 2 heterocycles. The summed E-state index contributed by atoms with van der Waals surface area (Å²) in [5, 5.41) is 3.35. The van der Waals surface area contributed by atoms with Crippen LogP contribution >= 0.6 is 0 Å². The third-order valence-corrected chi connectivity index (χ3v) is 5.93. The van der Waals surface area contributed by atoms with Gasteiger partial charge in [0.25, 0.3) is 0 Å². The Labute approximate surface area is 108 Å². The monoisotopic (exact) mass is 266 g/mol. The van der Waals surface area contributed by atoms with E-state index in [2.05, 4.69) is 5.32 Å². The van der Waals surface area contributed by atoms with Gasteiger partial charge in [-0.05, 0) is 43.5 Å². The molecule has 5 heteroatoms. The number of fused-ring (bicyclic) bond motifs is 1. The van der Waals surface area contributed by atoms with Crippen molar-refractivity contribution in [3.63, 3.8) is 0 Å². The molecule has 2 atom stereocenters. The molecule has 2 aliphatic rings. The molecule has 1 N–H and O–H groups in total. The smallest absolute Gasteiger partial charge is 0.243 e. The van der Waals surface area contributed by atoms with Gasteiger partial charge in [-0.3, -0.25) is 0 Å². The molecule has 0 spiro atoms. The Bertz CT molecular complexity index is 515. The van der Waals surface area contributed by atoms with E-state index in [1.165, 1.54) is 0 Å². The second-order valence-corrected chi connectivity index (χ2v) is 7.08. The molecule has 2 unspecified atom stereocenters. The van der Waals surface area contributed by atoms with E-state index in [9.17, 15) is 8.42 Å². The fourth-order valence-corrected chi connectivity index (χ4v) is 4.49. The highest BCUT2D eigenvalue weighted by atomic mass is 32.2. The Balaban J connectivity index is 1.82. The standard InChI is InChI=1S/C13H18N2O2S/c16-18(17,13-4-2-1-3-5-13)15-7-6-11-8-14-9-12(11)10-15/h1-5,11-12,14H,6-10H2. The SMILES string of the molecule is O=S(=O)(c1ccccc1)N1CCC2CNCC2C1. The maximum absolute atomic E-state index is 12.5. The quantitative estimate of drug-likeness (QED) is 0.866. The van der Waals surface area contributed by atoms with Crippen molar-refractivity contribution in [3.05, 3.63) is 30.3 Å². The number of benzene rings is 1. The van der Waals surface area contributed by atoms with Crippen LogP contribution in [0.15, 0.2) is 35.2 Å². The Kier molecular flexibility index (Phi) is 3.13. The van der Waals surface area contributed by atoms with Crippen molar-refractivity contribution >= 4 is 10.0 Å². The van der Waals surface area contributed by atoms with Gasteiger partial charge in [0.1, 0.15) is 0 Å². The maximum atomic E-state index is 12.5. The first-order valence-electron chi connectivity index (χ1n) is 6.44. The highest BCUT2D eigenvalue weighted by molar-refractivity contribution is 7.89. The minimum Gasteiger partial charge on any atom is -0.316 e. The lowest BCUT2D eigenvalue weighted by Gasteiger charge is -2.33. The predicted molar refractivity (Wildman–Crippen MR) is 69.7 cm³/mol. The molecule has 2 fully saturated rings. The molecule has 0 bridgehead atoms. The first kappa shape index (κ1) is 12.1. The molecule has 0 saturated carbocycles. The van der Waals surface area contributed by atoms with E-state index < -0.39 is 10.0 Å². The second-order valence-electron chi connectivity index (χ2n) is 5.14. The number of hydrogen-bond donors (Lipinski definition) is 1. The van der Waals surface area contributed by atoms with E-state index in [1.807, 2.05) is 6.07 Å². The molecule has 4 nitrogen and oxygen atoms in total. The van der Waals surface area contributed by atoms with Crippen molar-refractivity contribution in [1.29, 1.82) is 0 Å². The molecule has 2 aliphatic heterocycles. The van der Waals surface area contributed by atoms with Gasteiger partial charge in [0.2, 0.25) is 10.0 Å². The van der Waals surface area contributed by atoms with Crippen LogP contribution in [0.3, 0.4) is 0 Å². The number of rotatable bonds is 2. The molecule has 0 aliphatic carbocycles. The zero-order valence-electron chi connectivity index (χ0n) is 10.2. The van der Waals surface area contributed by atoms with Gasteiger partial charge in [0.05, 0.1) is 4.90 Å². The van der Waals surface area contributed by atoms with Crippen molar-refractivity contribution in [2.24, 2.45) is 11.8 Å². The molecule has 0 aromatic heterocycles. The van der Waals surface area contributed by atoms with Crippen LogP contribution in [0.4, 0.5) is 0 Å². The molecular formula is C13H18N2O2S. The van der Waals surface area contributed by atoms with E-state index in [0.717, 1.165) is 19.5 Å². The van der Waals surface area contributed by atoms with Crippen LogP contribution in [-0.2, 0) is 10.0 Å². The average Bonchev–Trinajstić information content (AvgIpc) is 2.87. The summed E-state index contributed by atoms with van der Waals surface area (Å²) in [7, 11) is -3.30. The van der Waals surface area contributed by atoms with Crippen molar-refractivity contribution < 1.29 is 8.42 Å². The average molecular weight is 266 g/mol. The van der Waals surface area contributed by atoms with Gasteiger partial charge in [-0.2, -0.15) is 4.31 Å². The van der Waals surface area contributed by atoms with Gasteiger partial charge in [-0.25, -0.2) is 8.42 Å². The van der Waals surface area contributed by atoms with Crippen molar-refractivity contribution in [2.75, 3.05) is 26.2 Å². The summed E-state index contributed by atoms with van der Waals surface area (Å²) >= 11 is 0. The van der Waals surface area contributed by atoms with Crippen molar-refractivity contribution in [3.8, 4) is 0 Å². The highest BCUT2D eigenvalue weighted by Crippen LogP contribution is 2.29. The van der Waals surface area contributed by atoms with Crippen LogP contribution in [-0.4, -0.2) is 38.9 Å². The van der Waals surface area contributed by atoms with E-state index in [4.69, 9.17) is 0 Å². The van der Waals surface area contributed by atoms with Gasteiger partial charge >= 0.3 is 0 Å². The Morgan fingerprint density at radius 3 is 2.61 bits per heavy atom. The molecule has 1 aromatic carbocycles. The lowest BCUT2D eigenvalue weighted by atomic mass is 9.90. The minimum absolute atomic E-state index is 0.411. The molecule has 2 saturated heterocycles. The van der Waals surface area contributed by atoms with Crippen molar-refractivity contribution in [2.45, 2.75) is 11.3 Å². The number of nitrogens with zero attached hydrogens (tertiary/aromatic N) is 1. The summed E-state index contributed by atoms with van der Waals surface area (Å²) in [6.07, 6.45) is 0.976. The van der Waals surface area contributed by atoms with E-state index in [-0.39, 0.29) is 0 Å². The predicted octanol–water partition coefficient (Wildman–Crippen LogP) is 0.917. The van der Waals surface area contributed by atoms with Crippen LogP contribution < -0.4 is 5.32 Å². The number of sulfonamides is 1. The van der Waals surface area contributed by atoms with E-state index in [0.29, 0.717) is 29.8 Å². The fraction of sp³-hybridized carbons (Fsp3) is 0.538. The maximum Gasteiger partial charge on any atom is 0.243 e. The van der Waals surface area contributed by atoms with Crippen LogP contribution in [0.1, 0.15) is 6.42 Å². The first-order chi connectivity index (χ1) is 8.68. The fourth-order valence-electron chi connectivity index (χ4n) is 2.96. The zero-order valence-corrected chi connectivity index (χ0v) is 11.1. The van der Waals surface area contributed by atoms with Crippen LogP contribution in [0.25, 0.3) is 0 Å².